The molecular formula is C12H20O2Si. The largest absolute Gasteiger partial charge is 0.385 e. The van der Waals surface area contributed by atoms with Crippen LogP contribution >= 0.6 is 0 Å². The van der Waals surface area contributed by atoms with Gasteiger partial charge in [-0.05, 0) is 24.5 Å². The van der Waals surface area contributed by atoms with Gasteiger partial charge in [0.1, 0.15) is 0 Å². The SMILES string of the molecule is CCC(C)(O)c1ccc(COC[SiH3])cc1. The second-order valence-corrected chi connectivity index (χ2v) is 4.54. The van der Waals surface area contributed by atoms with Gasteiger partial charge in [-0.1, -0.05) is 31.2 Å². The third-order valence-electron chi connectivity index (χ3n) is 2.74. The molecule has 0 saturated heterocycles. The van der Waals surface area contributed by atoms with Crippen molar-refractivity contribution >= 4 is 10.2 Å². The molecule has 15 heavy (non-hydrogen) atoms. The Morgan fingerprint density at radius 2 is 1.93 bits per heavy atom. The van der Waals surface area contributed by atoms with Gasteiger partial charge in [-0.2, -0.15) is 0 Å². The van der Waals surface area contributed by atoms with E-state index in [0.717, 1.165) is 28.5 Å². The molecule has 0 aliphatic rings. The van der Waals surface area contributed by atoms with Gasteiger partial charge < -0.3 is 9.84 Å². The Labute approximate surface area is 94.7 Å². The molecule has 0 fully saturated rings. The van der Waals surface area contributed by atoms with Crippen molar-refractivity contribution in [3.05, 3.63) is 35.4 Å². The first-order valence-electron chi connectivity index (χ1n) is 5.49. The molecule has 0 bridgehead atoms. The highest BCUT2D eigenvalue weighted by Crippen LogP contribution is 2.24. The highest BCUT2D eigenvalue weighted by atomic mass is 28.1. The summed E-state index contributed by atoms with van der Waals surface area (Å²) in [5.74, 6) is 0. The molecule has 1 aromatic rings. The summed E-state index contributed by atoms with van der Waals surface area (Å²) < 4.78 is 5.37. The van der Waals surface area contributed by atoms with Crippen LogP contribution < -0.4 is 0 Å². The van der Waals surface area contributed by atoms with Crippen molar-refractivity contribution in [1.82, 2.24) is 0 Å². The van der Waals surface area contributed by atoms with Crippen LogP contribution in [0.5, 0.6) is 0 Å². The van der Waals surface area contributed by atoms with E-state index in [0.29, 0.717) is 6.61 Å². The summed E-state index contributed by atoms with van der Waals surface area (Å²) >= 11 is 0. The molecule has 0 heterocycles. The normalized spacial score (nSPS) is 15.1. The Morgan fingerprint density at radius 1 is 1.33 bits per heavy atom. The summed E-state index contributed by atoms with van der Waals surface area (Å²) in [5.41, 5.74) is 1.43. The topological polar surface area (TPSA) is 29.5 Å². The quantitative estimate of drug-likeness (QED) is 0.760. The zero-order valence-corrected chi connectivity index (χ0v) is 11.8. The standard InChI is InChI=1S/C12H20O2Si/c1-3-12(2,13)11-6-4-10(5-7-11)8-14-9-15/h4-7,13H,3,8-9H2,1-2,15H3. The van der Waals surface area contributed by atoms with Crippen molar-refractivity contribution in [2.75, 3.05) is 6.23 Å². The van der Waals surface area contributed by atoms with Crippen LogP contribution in [-0.2, 0) is 16.9 Å². The summed E-state index contributed by atoms with van der Waals surface area (Å²) in [6, 6.07) is 8.01. The number of ether oxygens (including phenoxy) is 1. The van der Waals surface area contributed by atoms with Gasteiger partial charge in [-0.25, -0.2) is 0 Å². The van der Waals surface area contributed by atoms with Gasteiger partial charge in [0.15, 0.2) is 0 Å². The van der Waals surface area contributed by atoms with Gasteiger partial charge >= 0.3 is 0 Å². The smallest absolute Gasteiger partial charge is 0.0865 e. The fraction of sp³-hybridized carbons (Fsp3) is 0.500. The zero-order chi connectivity index (χ0) is 11.3. The van der Waals surface area contributed by atoms with Gasteiger partial charge in [-0.3, -0.25) is 0 Å². The molecule has 3 heteroatoms. The molecule has 0 amide bonds. The summed E-state index contributed by atoms with van der Waals surface area (Å²) in [6.07, 6.45) is 1.60. The molecule has 84 valence electrons. The predicted molar refractivity (Wildman–Crippen MR) is 65.9 cm³/mol. The van der Waals surface area contributed by atoms with Crippen LogP contribution in [-0.4, -0.2) is 21.6 Å². The second-order valence-electron chi connectivity index (χ2n) is 3.96. The molecule has 1 rings (SSSR count). The highest BCUT2D eigenvalue weighted by molar-refractivity contribution is 6.08. The lowest BCUT2D eigenvalue weighted by Crippen LogP contribution is -2.19. The number of rotatable bonds is 5. The highest BCUT2D eigenvalue weighted by Gasteiger charge is 2.19. The van der Waals surface area contributed by atoms with Gasteiger partial charge in [0.2, 0.25) is 0 Å². The van der Waals surface area contributed by atoms with Crippen LogP contribution in [0.25, 0.3) is 0 Å². The number of hydrogen-bond donors (Lipinski definition) is 1. The van der Waals surface area contributed by atoms with Crippen LogP contribution in [0.2, 0.25) is 0 Å². The molecular weight excluding hydrogens is 204 g/mol. The van der Waals surface area contributed by atoms with Crippen molar-refractivity contribution in [1.29, 1.82) is 0 Å². The van der Waals surface area contributed by atoms with E-state index in [4.69, 9.17) is 4.74 Å². The molecule has 1 aromatic carbocycles. The average Bonchev–Trinajstić information content (AvgIpc) is 2.27. The van der Waals surface area contributed by atoms with Crippen LogP contribution in [0.15, 0.2) is 24.3 Å². The number of aliphatic hydroxyl groups is 1. The van der Waals surface area contributed by atoms with Crippen LogP contribution in [0.4, 0.5) is 0 Å². The van der Waals surface area contributed by atoms with Crippen LogP contribution in [0, 0.1) is 0 Å². The monoisotopic (exact) mass is 224 g/mol. The van der Waals surface area contributed by atoms with Gasteiger partial charge in [0, 0.05) is 16.5 Å². The Bertz CT molecular complexity index is 293. The van der Waals surface area contributed by atoms with E-state index in [9.17, 15) is 5.11 Å². The van der Waals surface area contributed by atoms with E-state index in [2.05, 4.69) is 0 Å². The maximum Gasteiger partial charge on any atom is 0.0865 e. The molecule has 1 unspecified atom stereocenters. The summed E-state index contributed by atoms with van der Waals surface area (Å²) in [6.45, 7) is 4.51. The Balaban J connectivity index is 2.72. The van der Waals surface area contributed by atoms with Crippen LogP contribution in [0.3, 0.4) is 0 Å². The summed E-state index contributed by atoms with van der Waals surface area (Å²) in [4.78, 5) is 0. The van der Waals surface area contributed by atoms with E-state index < -0.39 is 5.60 Å². The maximum atomic E-state index is 10.0. The Kier molecular flexibility index (Phi) is 4.51. The number of hydrogen-bond acceptors (Lipinski definition) is 2. The molecule has 0 aromatic heterocycles. The van der Waals surface area contributed by atoms with Crippen molar-refractivity contribution in [3.63, 3.8) is 0 Å². The van der Waals surface area contributed by atoms with Crippen molar-refractivity contribution in [2.45, 2.75) is 32.5 Å². The summed E-state index contributed by atoms with van der Waals surface area (Å²) in [5, 5.41) is 10.0. The molecule has 0 radical (unpaired) electrons. The average molecular weight is 224 g/mol. The van der Waals surface area contributed by atoms with Crippen molar-refractivity contribution in [3.8, 4) is 0 Å². The Morgan fingerprint density at radius 3 is 2.40 bits per heavy atom. The van der Waals surface area contributed by atoms with E-state index in [1.54, 1.807) is 0 Å². The maximum absolute atomic E-state index is 10.0. The summed E-state index contributed by atoms with van der Waals surface area (Å²) in [7, 11) is 1.08. The van der Waals surface area contributed by atoms with Crippen LogP contribution in [0.1, 0.15) is 31.4 Å². The molecule has 0 spiro atoms. The van der Waals surface area contributed by atoms with Crippen molar-refractivity contribution in [2.24, 2.45) is 0 Å². The molecule has 0 aliphatic carbocycles. The molecule has 1 N–H and O–H groups in total. The minimum atomic E-state index is -0.711. The lowest BCUT2D eigenvalue weighted by molar-refractivity contribution is 0.0530. The first kappa shape index (κ1) is 12.4. The van der Waals surface area contributed by atoms with Gasteiger partial charge in [0.25, 0.3) is 0 Å². The van der Waals surface area contributed by atoms with Gasteiger partial charge in [-0.15, -0.1) is 0 Å². The molecule has 2 nitrogen and oxygen atoms in total. The first-order chi connectivity index (χ1) is 7.10. The first-order valence-corrected chi connectivity index (χ1v) is 6.91. The fourth-order valence-corrected chi connectivity index (χ4v) is 1.59. The molecule has 1 atom stereocenters. The number of benzene rings is 1. The third kappa shape index (κ3) is 3.45. The van der Waals surface area contributed by atoms with Crippen molar-refractivity contribution < 1.29 is 9.84 Å². The van der Waals surface area contributed by atoms with E-state index in [1.165, 1.54) is 5.56 Å². The van der Waals surface area contributed by atoms with E-state index in [-0.39, 0.29) is 0 Å². The van der Waals surface area contributed by atoms with E-state index in [1.807, 2.05) is 38.1 Å². The molecule has 0 aliphatic heterocycles. The lowest BCUT2D eigenvalue weighted by atomic mass is 9.93. The predicted octanol–water partition coefficient (Wildman–Crippen LogP) is 1.14. The Hall–Kier alpha value is -0.643. The lowest BCUT2D eigenvalue weighted by Gasteiger charge is -2.21. The second kappa shape index (κ2) is 5.44. The fourth-order valence-electron chi connectivity index (χ4n) is 1.38. The third-order valence-corrected chi connectivity index (χ3v) is 3.15. The molecule has 0 saturated carbocycles. The van der Waals surface area contributed by atoms with E-state index >= 15 is 0 Å². The van der Waals surface area contributed by atoms with Gasteiger partial charge in [0.05, 0.1) is 12.2 Å². The minimum Gasteiger partial charge on any atom is -0.385 e. The minimum absolute atomic E-state index is 0.679. The zero-order valence-electron chi connectivity index (χ0n) is 9.79.